The number of pyridine rings is 2. The third kappa shape index (κ3) is 30.6. The average molecular weight is 1850 g/mol. The Labute approximate surface area is 811 Å². The fourth-order valence-corrected chi connectivity index (χ4v) is 15.6. The van der Waals surface area contributed by atoms with E-state index in [1.54, 1.807) is 0 Å². The number of hydrogen-bond acceptors (Lipinski definition) is 15. The highest BCUT2D eigenvalue weighted by Crippen LogP contribution is 2.36. The lowest BCUT2D eigenvalue weighted by Crippen LogP contribution is -2.33. The van der Waals surface area contributed by atoms with Crippen LogP contribution in [0.4, 0.5) is 0 Å². The first-order valence-electron chi connectivity index (χ1n) is 46.8. The minimum atomic E-state index is -0.765. The molecular formula is C121H110N2O16+2. The molecule has 0 spiro atoms. The highest BCUT2D eigenvalue weighted by molar-refractivity contribution is 5.66. The van der Waals surface area contributed by atoms with Gasteiger partial charge in [-0.15, -0.1) is 0 Å². The number of rotatable bonds is 51. The van der Waals surface area contributed by atoms with Crippen molar-refractivity contribution in [3.63, 3.8) is 0 Å². The number of ether oxygens (including phenoxy) is 14. The van der Waals surface area contributed by atoms with Crippen LogP contribution in [0.15, 0.2) is 419 Å². The van der Waals surface area contributed by atoms with Gasteiger partial charge in [-0.1, -0.05) is 243 Å². The van der Waals surface area contributed by atoms with Crippen LogP contribution in [0, 0.1) is 0 Å². The van der Waals surface area contributed by atoms with Crippen LogP contribution in [0.1, 0.15) is 109 Å². The van der Waals surface area contributed by atoms with Crippen LogP contribution in [0.2, 0.25) is 0 Å². The van der Waals surface area contributed by atoms with Gasteiger partial charge in [0.2, 0.25) is 0 Å². The van der Waals surface area contributed by atoms with Crippen LogP contribution < -0.4 is 75.5 Å². The fraction of sp³-hybridized carbons (Fsp3) is 0.165. The summed E-state index contributed by atoms with van der Waals surface area (Å²) in [5, 5.41) is 9.18. The van der Waals surface area contributed by atoms with Crippen LogP contribution in [0.25, 0.3) is 11.1 Å². The zero-order valence-corrected chi connectivity index (χ0v) is 77.4. The minimum Gasteiger partial charge on any atom is -0.489 e. The Morgan fingerprint density at radius 3 is 0.525 bits per heavy atom. The number of unbranched alkanes of at least 4 members (excludes halogenated alkanes) is 2. The molecule has 2 heterocycles. The van der Waals surface area contributed by atoms with Gasteiger partial charge in [-0.25, -0.2) is 9.13 Å². The number of aliphatic carboxylic acids is 1. The van der Waals surface area contributed by atoms with Crippen molar-refractivity contribution < 1.29 is 85.4 Å². The van der Waals surface area contributed by atoms with Crippen molar-refractivity contribution in [3.05, 3.63) is 503 Å². The van der Waals surface area contributed by atoms with Gasteiger partial charge in [0.25, 0.3) is 0 Å². The maximum absolute atomic E-state index is 11.2. The van der Waals surface area contributed by atoms with E-state index in [2.05, 4.69) is 58.2 Å². The maximum Gasteiger partial charge on any atom is 0.303 e. The standard InChI is InChI=1S/C121H109N2O16/c124-121(125)44-26-9-27-49-122-50-45-105(46-51-122)106-47-52-123(53-48-106)75-98-54-107(134-84-103-64-117(136-86-99-56-109(126-76-90-28-10-1-11-29-90)69-110(57-99)127-77-91-30-12-2-13-31-91)73-118(65-103)137-87-100-58-111(128-78-92-32-14-3-15-33-92)70-112(59-100)129-79-93-34-16-4-17-35-93)68-108(55-98)135-85-104-66-119(138-88-101-60-113(130-80-94-36-18-5-19-37-94)71-114(61-101)131-81-95-38-20-6-21-39-95)74-120(67-104)139-89-102-62-115(132-82-96-40-22-7-23-41-96)72-116(63-102)133-83-97-42-24-8-25-43-97/h1-8,10-25,28-43,45-48,50-74H,9,26-27,44,49,75-89H2/q+1/p+1. The predicted molar refractivity (Wildman–Crippen MR) is 535 cm³/mol. The molecule has 0 amide bonds. The summed E-state index contributed by atoms with van der Waals surface area (Å²) in [6, 6.07) is 130. The summed E-state index contributed by atoms with van der Waals surface area (Å²) in [7, 11) is 0. The van der Waals surface area contributed by atoms with Crippen LogP contribution in [0.5, 0.6) is 80.5 Å². The van der Waals surface area contributed by atoms with Gasteiger partial charge in [0, 0.05) is 85.1 Å². The molecule has 18 heteroatoms. The molecule has 0 radical (unpaired) electrons. The highest BCUT2D eigenvalue weighted by atomic mass is 16.5. The second kappa shape index (κ2) is 49.5. The van der Waals surface area contributed by atoms with Crippen molar-refractivity contribution in [1.29, 1.82) is 0 Å². The van der Waals surface area contributed by atoms with Crippen LogP contribution in [-0.4, -0.2) is 11.1 Å². The molecule has 0 aliphatic carbocycles. The molecule has 0 saturated carbocycles. The number of hydrogen-bond donors (Lipinski definition) is 1. The van der Waals surface area contributed by atoms with E-state index in [0.29, 0.717) is 146 Å². The molecule has 698 valence electrons. The minimum absolute atomic E-state index is 0.0755. The van der Waals surface area contributed by atoms with Crippen molar-refractivity contribution >= 4 is 5.97 Å². The summed E-state index contributed by atoms with van der Waals surface area (Å²) >= 11 is 0. The van der Waals surface area contributed by atoms with E-state index < -0.39 is 5.97 Å². The average Bonchev–Trinajstić information content (AvgIpc) is 0.862. The van der Waals surface area contributed by atoms with E-state index >= 15 is 0 Å². The maximum atomic E-state index is 11.2. The second-order valence-corrected chi connectivity index (χ2v) is 33.9. The lowest BCUT2D eigenvalue weighted by molar-refractivity contribution is -0.697. The first kappa shape index (κ1) is 94.1. The first-order valence-corrected chi connectivity index (χ1v) is 46.8. The molecule has 2 aromatic heterocycles. The van der Waals surface area contributed by atoms with E-state index in [1.807, 2.05) is 370 Å². The molecule has 0 unspecified atom stereocenters. The smallest absolute Gasteiger partial charge is 0.303 e. The number of carbonyl (C=O) groups is 1. The van der Waals surface area contributed by atoms with Crippen molar-refractivity contribution in [1.82, 2.24) is 0 Å². The summed E-state index contributed by atoms with van der Waals surface area (Å²) in [6.45, 7) is 4.77. The number of aromatic nitrogens is 2. The summed E-state index contributed by atoms with van der Waals surface area (Å²) in [6.07, 6.45) is 10.9. The molecule has 139 heavy (non-hydrogen) atoms. The number of carboxylic acids is 1. The van der Waals surface area contributed by atoms with Gasteiger partial charge >= 0.3 is 5.97 Å². The van der Waals surface area contributed by atoms with Crippen LogP contribution >= 0.6 is 0 Å². The highest BCUT2D eigenvalue weighted by Gasteiger charge is 2.19. The van der Waals surface area contributed by atoms with Gasteiger partial charge < -0.3 is 71.4 Å². The molecule has 15 aromatic carbocycles. The van der Waals surface area contributed by atoms with Gasteiger partial charge in [0.05, 0.1) is 0 Å². The van der Waals surface area contributed by atoms with E-state index in [4.69, 9.17) is 66.3 Å². The van der Waals surface area contributed by atoms with Crippen LogP contribution in [0.3, 0.4) is 0 Å². The molecule has 0 fully saturated rings. The molecule has 0 aliphatic rings. The number of benzene rings is 15. The van der Waals surface area contributed by atoms with Gasteiger partial charge in [0.15, 0.2) is 31.3 Å². The molecule has 0 aliphatic heterocycles. The summed E-state index contributed by atoms with van der Waals surface area (Å²) in [5.41, 5.74) is 16.0. The molecular weight excluding hydrogens is 1740 g/mol. The predicted octanol–water partition coefficient (Wildman–Crippen LogP) is 25.7. The lowest BCUT2D eigenvalue weighted by Gasteiger charge is -2.17. The number of aryl methyl sites for hydroxylation is 1. The molecule has 0 saturated heterocycles. The molecule has 0 bridgehead atoms. The molecule has 17 aromatic rings. The normalized spacial score (nSPS) is 10.9. The molecule has 18 nitrogen and oxygen atoms in total. The van der Waals surface area contributed by atoms with Gasteiger partial charge in [-0.2, -0.15) is 0 Å². The Kier molecular flexibility index (Phi) is 33.5. The Balaban J connectivity index is 0.688. The third-order valence-corrected chi connectivity index (χ3v) is 22.8. The number of nitrogens with zero attached hydrogens (tertiary/aromatic N) is 2. The first-order chi connectivity index (χ1) is 68.5. The van der Waals surface area contributed by atoms with Crippen molar-refractivity contribution in [2.75, 3.05) is 0 Å². The van der Waals surface area contributed by atoms with Crippen molar-refractivity contribution in [3.8, 4) is 91.6 Å². The Morgan fingerprint density at radius 1 is 0.180 bits per heavy atom. The topological polar surface area (TPSA) is 174 Å². The van der Waals surface area contributed by atoms with Gasteiger partial charge in [-0.05, 0) is 187 Å². The zero-order chi connectivity index (χ0) is 94.5. The fourth-order valence-electron chi connectivity index (χ4n) is 15.6. The monoisotopic (exact) mass is 1850 g/mol. The largest absolute Gasteiger partial charge is 0.489 e. The molecule has 17 rings (SSSR count). The summed E-state index contributed by atoms with van der Waals surface area (Å²) in [4.78, 5) is 11.2. The molecule has 1 N–H and O–H groups in total. The van der Waals surface area contributed by atoms with Gasteiger partial charge in [-0.3, -0.25) is 4.79 Å². The van der Waals surface area contributed by atoms with E-state index in [1.165, 1.54) is 0 Å². The Bertz CT molecular complexity index is 5810. The van der Waals surface area contributed by atoms with Crippen molar-refractivity contribution in [2.45, 2.75) is 131 Å². The van der Waals surface area contributed by atoms with Gasteiger partial charge in [0.1, 0.15) is 180 Å². The Hall–Kier alpha value is -16.7. The summed E-state index contributed by atoms with van der Waals surface area (Å²) < 4.78 is 97.8. The van der Waals surface area contributed by atoms with E-state index in [0.717, 1.165) is 114 Å². The lowest BCUT2D eigenvalue weighted by atomic mass is 10.1. The second-order valence-electron chi connectivity index (χ2n) is 33.9. The summed E-state index contributed by atoms with van der Waals surface area (Å²) in [5.74, 6) is 7.42. The van der Waals surface area contributed by atoms with Crippen LogP contribution in [-0.2, 0) is 110 Å². The molecule has 0 atom stereocenters. The van der Waals surface area contributed by atoms with E-state index in [9.17, 15) is 9.90 Å². The SMILES string of the molecule is O=C(O)CCCCC[n+]1ccc(-c2cc[n+](Cc3cc(OCc4cc(OCc5cc(OCc6ccccc6)cc(OCc6ccccc6)c5)cc(OCc5cc(OCc6ccccc6)cc(OCc6ccccc6)c5)c4)cc(OCc4cc(OCc5cc(OCc6ccccc6)cc(OCc6ccccc6)c5)cc(OCc5cc(OCc6ccccc6)cc(OCc6ccccc6)c5)c4)c3)cc2)cc1. The van der Waals surface area contributed by atoms with Crippen molar-refractivity contribution in [2.24, 2.45) is 0 Å². The number of carboxylic acid groups (broad SMARTS) is 1. The third-order valence-electron chi connectivity index (χ3n) is 22.8. The van der Waals surface area contributed by atoms with E-state index in [-0.39, 0.29) is 46.1 Å². The quantitative estimate of drug-likeness (QED) is 0.0281. The Morgan fingerprint density at radius 2 is 0.345 bits per heavy atom. The zero-order valence-electron chi connectivity index (χ0n) is 77.4.